The smallest absolute Gasteiger partial charge is 0.123 e. The van der Waals surface area contributed by atoms with Gasteiger partial charge in [0.25, 0.3) is 0 Å². The molecule has 0 heterocycles. The van der Waals surface area contributed by atoms with Crippen molar-refractivity contribution in [1.29, 1.82) is 0 Å². The Morgan fingerprint density at radius 3 is 2.39 bits per heavy atom. The predicted octanol–water partition coefficient (Wildman–Crippen LogP) is 3.42. The van der Waals surface area contributed by atoms with Gasteiger partial charge in [0.1, 0.15) is 5.82 Å². The number of hydrogen-bond donors (Lipinski definition) is 1. The van der Waals surface area contributed by atoms with Gasteiger partial charge in [0, 0.05) is 6.54 Å². The average molecular weight is 251 g/mol. The Kier molecular flexibility index (Phi) is 4.72. The molecule has 18 heavy (non-hydrogen) atoms. The summed E-state index contributed by atoms with van der Waals surface area (Å²) in [7, 11) is 0. The highest BCUT2D eigenvalue weighted by Gasteiger charge is 2.22. The summed E-state index contributed by atoms with van der Waals surface area (Å²) < 4.78 is 19.0. The van der Waals surface area contributed by atoms with Gasteiger partial charge in [-0.05, 0) is 49.3 Å². The van der Waals surface area contributed by atoms with E-state index < -0.39 is 0 Å². The lowest BCUT2D eigenvalue weighted by atomic mass is 9.89. The summed E-state index contributed by atoms with van der Waals surface area (Å²) in [5.41, 5.74) is 6.74. The number of nitrogens with two attached hydrogens (primary N) is 1. The van der Waals surface area contributed by atoms with Crippen LogP contribution in [0.1, 0.15) is 44.3 Å². The molecule has 0 spiro atoms. The minimum absolute atomic E-state index is 0.107. The molecule has 0 aromatic heterocycles. The fourth-order valence-electron chi connectivity index (χ4n) is 2.55. The first-order valence-electron chi connectivity index (χ1n) is 6.80. The molecule has 1 aromatic carbocycles. The first-order chi connectivity index (χ1) is 8.69. The number of ether oxygens (including phenoxy) is 1. The average Bonchev–Trinajstić information content (AvgIpc) is 2.39. The van der Waals surface area contributed by atoms with Crippen LogP contribution in [0.2, 0.25) is 0 Å². The molecular formula is C15H22FNO. The van der Waals surface area contributed by atoms with Crippen molar-refractivity contribution in [3.8, 4) is 0 Å². The molecule has 1 aliphatic rings. The third-order valence-electron chi connectivity index (χ3n) is 3.78. The van der Waals surface area contributed by atoms with E-state index in [1.165, 1.54) is 25.0 Å². The molecule has 0 bridgehead atoms. The second-order valence-corrected chi connectivity index (χ2v) is 5.29. The zero-order valence-corrected chi connectivity index (χ0v) is 10.9. The van der Waals surface area contributed by atoms with E-state index in [0.717, 1.165) is 24.3 Å². The maximum Gasteiger partial charge on any atom is 0.123 e. The van der Waals surface area contributed by atoms with E-state index >= 15 is 0 Å². The molecule has 3 heteroatoms. The molecule has 1 aromatic rings. The van der Waals surface area contributed by atoms with Crippen molar-refractivity contribution in [3.05, 3.63) is 35.6 Å². The van der Waals surface area contributed by atoms with Gasteiger partial charge in [-0.1, -0.05) is 19.1 Å². The molecule has 2 rings (SSSR count). The Morgan fingerprint density at radius 2 is 1.83 bits per heavy atom. The summed E-state index contributed by atoms with van der Waals surface area (Å²) in [4.78, 5) is 0. The zero-order chi connectivity index (χ0) is 13.0. The molecule has 1 unspecified atom stereocenters. The second kappa shape index (κ2) is 6.30. The number of hydrogen-bond acceptors (Lipinski definition) is 2. The Morgan fingerprint density at radius 1 is 1.22 bits per heavy atom. The molecule has 0 radical (unpaired) electrons. The highest BCUT2D eigenvalue weighted by atomic mass is 19.1. The Hall–Kier alpha value is -0.930. The van der Waals surface area contributed by atoms with Gasteiger partial charge >= 0.3 is 0 Å². The van der Waals surface area contributed by atoms with Gasteiger partial charge in [0.15, 0.2) is 0 Å². The van der Waals surface area contributed by atoms with Crippen molar-refractivity contribution < 1.29 is 9.13 Å². The summed E-state index contributed by atoms with van der Waals surface area (Å²) in [5.74, 6) is 0.591. The fourth-order valence-corrected chi connectivity index (χ4v) is 2.55. The van der Waals surface area contributed by atoms with E-state index in [4.69, 9.17) is 10.5 Å². The summed E-state index contributed by atoms with van der Waals surface area (Å²) in [5, 5.41) is 0. The summed E-state index contributed by atoms with van der Waals surface area (Å²) in [6.45, 7) is 2.73. The van der Waals surface area contributed by atoms with E-state index in [9.17, 15) is 4.39 Å². The molecule has 1 fully saturated rings. The summed E-state index contributed by atoms with van der Waals surface area (Å²) >= 11 is 0. The molecule has 0 saturated heterocycles. The van der Waals surface area contributed by atoms with Gasteiger partial charge < -0.3 is 10.5 Å². The maximum absolute atomic E-state index is 12.9. The Balaban J connectivity index is 1.94. The first kappa shape index (κ1) is 13.5. The van der Waals surface area contributed by atoms with Crippen molar-refractivity contribution in [2.75, 3.05) is 6.54 Å². The van der Waals surface area contributed by atoms with Crippen LogP contribution in [0.3, 0.4) is 0 Å². The van der Waals surface area contributed by atoms with Crippen LogP contribution in [0.5, 0.6) is 0 Å². The summed E-state index contributed by atoms with van der Waals surface area (Å²) in [6, 6.07) is 6.45. The van der Waals surface area contributed by atoms with E-state index in [0.29, 0.717) is 12.6 Å². The minimum Gasteiger partial charge on any atom is -0.369 e. The van der Waals surface area contributed by atoms with E-state index in [1.54, 1.807) is 12.1 Å². The molecule has 100 valence electrons. The quantitative estimate of drug-likeness (QED) is 0.890. The number of halogens is 1. The van der Waals surface area contributed by atoms with Crippen LogP contribution in [-0.4, -0.2) is 12.6 Å². The third-order valence-corrected chi connectivity index (χ3v) is 3.78. The zero-order valence-electron chi connectivity index (χ0n) is 10.9. The maximum atomic E-state index is 12.9. The van der Waals surface area contributed by atoms with Crippen LogP contribution in [0.15, 0.2) is 24.3 Å². The number of rotatable bonds is 4. The van der Waals surface area contributed by atoms with Crippen molar-refractivity contribution in [1.82, 2.24) is 0 Å². The van der Waals surface area contributed by atoms with Crippen LogP contribution in [0.4, 0.5) is 4.39 Å². The molecule has 0 aliphatic heterocycles. The monoisotopic (exact) mass is 251 g/mol. The van der Waals surface area contributed by atoms with Gasteiger partial charge in [-0.2, -0.15) is 0 Å². The van der Waals surface area contributed by atoms with Crippen LogP contribution < -0.4 is 5.73 Å². The molecular weight excluding hydrogens is 229 g/mol. The standard InChI is InChI=1S/C15H22FNO/c1-11-2-8-14(9-3-11)18-15(10-17)12-4-6-13(16)7-5-12/h4-7,11,14-15H,2-3,8-10,17H2,1H3. The topological polar surface area (TPSA) is 35.2 Å². The molecule has 1 aliphatic carbocycles. The highest BCUT2D eigenvalue weighted by Crippen LogP contribution is 2.29. The molecule has 2 N–H and O–H groups in total. The molecule has 2 nitrogen and oxygen atoms in total. The Bertz CT molecular complexity index is 357. The fraction of sp³-hybridized carbons (Fsp3) is 0.600. The van der Waals surface area contributed by atoms with Crippen LogP contribution in [-0.2, 0) is 4.74 Å². The van der Waals surface area contributed by atoms with E-state index in [-0.39, 0.29) is 11.9 Å². The third kappa shape index (κ3) is 3.53. The molecule has 1 atom stereocenters. The van der Waals surface area contributed by atoms with Crippen molar-refractivity contribution >= 4 is 0 Å². The van der Waals surface area contributed by atoms with Crippen molar-refractivity contribution in [3.63, 3.8) is 0 Å². The number of benzene rings is 1. The van der Waals surface area contributed by atoms with Crippen molar-refractivity contribution in [2.24, 2.45) is 11.7 Å². The van der Waals surface area contributed by atoms with Crippen LogP contribution in [0.25, 0.3) is 0 Å². The minimum atomic E-state index is -0.221. The first-order valence-corrected chi connectivity index (χ1v) is 6.80. The Labute approximate surface area is 108 Å². The van der Waals surface area contributed by atoms with Gasteiger partial charge in [0.2, 0.25) is 0 Å². The van der Waals surface area contributed by atoms with Crippen LogP contribution >= 0.6 is 0 Å². The van der Waals surface area contributed by atoms with Crippen LogP contribution in [0, 0.1) is 11.7 Å². The lowest BCUT2D eigenvalue weighted by molar-refractivity contribution is -0.0328. The van der Waals surface area contributed by atoms with Gasteiger partial charge in [-0.3, -0.25) is 0 Å². The van der Waals surface area contributed by atoms with Gasteiger partial charge in [-0.25, -0.2) is 4.39 Å². The molecule has 0 amide bonds. The predicted molar refractivity (Wildman–Crippen MR) is 70.7 cm³/mol. The second-order valence-electron chi connectivity index (χ2n) is 5.29. The lowest BCUT2D eigenvalue weighted by Crippen LogP contribution is -2.26. The SMILES string of the molecule is CC1CCC(OC(CN)c2ccc(F)cc2)CC1. The van der Waals surface area contributed by atoms with E-state index in [2.05, 4.69) is 6.92 Å². The highest BCUT2D eigenvalue weighted by molar-refractivity contribution is 5.19. The van der Waals surface area contributed by atoms with E-state index in [1.807, 2.05) is 0 Å². The molecule has 1 saturated carbocycles. The lowest BCUT2D eigenvalue weighted by Gasteiger charge is -2.30. The summed E-state index contributed by atoms with van der Waals surface area (Å²) in [6.07, 6.45) is 4.87. The normalized spacial score (nSPS) is 25.9. The van der Waals surface area contributed by atoms with Gasteiger partial charge in [-0.15, -0.1) is 0 Å². The van der Waals surface area contributed by atoms with Crippen molar-refractivity contribution in [2.45, 2.75) is 44.8 Å². The van der Waals surface area contributed by atoms with Gasteiger partial charge in [0.05, 0.1) is 12.2 Å². The largest absolute Gasteiger partial charge is 0.369 e.